The van der Waals surface area contributed by atoms with Gasteiger partial charge in [0.15, 0.2) is 0 Å². The zero-order valence-corrected chi connectivity index (χ0v) is 18.9. The number of amides is 1. The first-order valence-corrected chi connectivity index (χ1v) is 10.7. The summed E-state index contributed by atoms with van der Waals surface area (Å²) < 4.78 is 7.60. The van der Waals surface area contributed by atoms with Gasteiger partial charge in [-0.15, -0.1) is 0 Å². The molecular formula is C25H32N4O2. The Morgan fingerprint density at radius 1 is 1.13 bits per heavy atom. The average Bonchev–Trinajstić information content (AvgIpc) is 3.12. The number of anilines is 1. The molecule has 6 nitrogen and oxygen atoms in total. The van der Waals surface area contributed by atoms with Crippen molar-refractivity contribution in [3.63, 3.8) is 0 Å². The Bertz CT molecular complexity index is 1020. The number of unbranched alkanes of at least 4 members (excludes halogenated alkanes) is 1. The standard InChI is InChI=1S/C20H21N3O.C5H11NO/c1-4-11-23-19-12-16(24-3)9-10-17(19)18(13-21)20(23)14-5-7-15(22-2)8-6-14;1-2-3-4-6-5-7/h5-10,12,22H,4,11H2,1-3H3;5H,2-4H2,1H3,(H,6,7). The van der Waals surface area contributed by atoms with Gasteiger partial charge in [0.1, 0.15) is 11.8 Å². The summed E-state index contributed by atoms with van der Waals surface area (Å²) in [6, 6.07) is 16.5. The molecule has 3 rings (SSSR count). The van der Waals surface area contributed by atoms with Crippen LogP contribution < -0.4 is 15.4 Å². The van der Waals surface area contributed by atoms with Crippen LogP contribution >= 0.6 is 0 Å². The minimum Gasteiger partial charge on any atom is -0.497 e. The molecule has 0 saturated carbocycles. The molecule has 1 aromatic heterocycles. The summed E-state index contributed by atoms with van der Waals surface area (Å²) in [5.74, 6) is 0.805. The largest absolute Gasteiger partial charge is 0.497 e. The van der Waals surface area contributed by atoms with Gasteiger partial charge in [0, 0.05) is 37.3 Å². The van der Waals surface area contributed by atoms with Crippen LogP contribution in [0.25, 0.3) is 22.2 Å². The molecule has 1 heterocycles. The third kappa shape index (κ3) is 5.79. The van der Waals surface area contributed by atoms with Crippen molar-refractivity contribution in [2.24, 2.45) is 0 Å². The van der Waals surface area contributed by atoms with E-state index in [0.717, 1.165) is 77.9 Å². The number of carbonyl (C=O) groups is 1. The lowest BCUT2D eigenvalue weighted by Crippen LogP contribution is -2.11. The predicted molar refractivity (Wildman–Crippen MR) is 127 cm³/mol. The van der Waals surface area contributed by atoms with Crippen LogP contribution in [-0.2, 0) is 11.3 Å². The van der Waals surface area contributed by atoms with Crippen LogP contribution in [0, 0.1) is 11.3 Å². The third-order valence-corrected chi connectivity index (χ3v) is 5.04. The maximum atomic E-state index is 9.78. The maximum absolute atomic E-state index is 9.78. The smallest absolute Gasteiger partial charge is 0.207 e. The number of nitriles is 1. The lowest BCUT2D eigenvalue weighted by Gasteiger charge is -2.11. The van der Waals surface area contributed by atoms with E-state index < -0.39 is 0 Å². The van der Waals surface area contributed by atoms with E-state index >= 15 is 0 Å². The Labute approximate surface area is 184 Å². The van der Waals surface area contributed by atoms with E-state index in [1.165, 1.54) is 0 Å². The maximum Gasteiger partial charge on any atom is 0.207 e. The highest BCUT2D eigenvalue weighted by molar-refractivity contribution is 5.95. The van der Waals surface area contributed by atoms with Crippen molar-refractivity contribution in [1.29, 1.82) is 5.26 Å². The molecule has 0 aliphatic rings. The first kappa shape index (κ1) is 23.8. The van der Waals surface area contributed by atoms with Crippen LogP contribution in [0.5, 0.6) is 5.75 Å². The molecule has 2 N–H and O–H groups in total. The first-order valence-electron chi connectivity index (χ1n) is 10.7. The summed E-state index contributed by atoms with van der Waals surface area (Å²) >= 11 is 0. The Hall–Kier alpha value is -3.46. The lowest BCUT2D eigenvalue weighted by molar-refractivity contribution is -0.109. The summed E-state index contributed by atoms with van der Waals surface area (Å²) in [7, 11) is 3.56. The molecule has 6 heteroatoms. The van der Waals surface area contributed by atoms with E-state index in [4.69, 9.17) is 4.74 Å². The van der Waals surface area contributed by atoms with Gasteiger partial charge in [-0.25, -0.2) is 0 Å². The van der Waals surface area contributed by atoms with Crippen molar-refractivity contribution in [2.75, 3.05) is 26.0 Å². The fourth-order valence-corrected chi connectivity index (χ4v) is 3.46. The van der Waals surface area contributed by atoms with Crippen LogP contribution in [0.2, 0.25) is 0 Å². The average molecular weight is 421 g/mol. The third-order valence-electron chi connectivity index (χ3n) is 5.04. The number of carbonyl (C=O) groups excluding carboxylic acids is 1. The summed E-state index contributed by atoms with van der Waals surface area (Å²) in [4.78, 5) is 9.57. The highest BCUT2D eigenvalue weighted by Crippen LogP contribution is 2.35. The SMILES string of the molecule is CCCCNC=O.CCCn1c(-c2ccc(NC)cc2)c(C#N)c2ccc(OC)cc21. The number of rotatable bonds is 9. The van der Waals surface area contributed by atoms with Crippen LogP contribution in [0.15, 0.2) is 42.5 Å². The zero-order valence-electron chi connectivity index (χ0n) is 18.9. The molecular weight excluding hydrogens is 388 g/mol. The fourth-order valence-electron chi connectivity index (χ4n) is 3.46. The molecule has 0 unspecified atom stereocenters. The number of aromatic nitrogens is 1. The minimum atomic E-state index is 0.721. The molecule has 0 aliphatic carbocycles. The molecule has 0 bridgehead atoms. The van der Waals surface area contributed by atoms with Crippen LogP contribution in [0.3, 0.4) is 0 Å². The van der Waals surface area contributed by atoms with E-state index in [0.29, 0.717) is 0 Å². The Balaban J connectivity index is 0.000000423. The van der Waals surface area contributed by atoms with Crippen LogP contribution in [0.4, 0.5) is 5.69 Å². The number of fused-ring (bicyclic) bond motifs is 1. The summed E-state index contributed by atoms with van der Waals surface area (Å²) in [6.45, 7) is 5.91. The van der Waals surface area contributed by atoms with Gasteiger partial charge < -0.3 is 19.9 Å². The van der Waals surface area contributed by atoms with E-state index in [9.17, 15) is 10.1 Å². The molecule has 0 atom stereocenters. The number of hydrogen-bond donors (Lipinski definition) is 2. The highest BCUT2D eigenvalue weighted by Gasteiger charge is 2.18. The summed E-state index contributed by atoms with van der Waals surface area (Å²) in [5, 5.41) is 16.4. The number of hydrogen-bond acceptors (Lipinski definition) is 4. The van der Waals surface area contributed by atoms with Crippen molar-refractivity contribution < 1.29 is 9.53 Å². The fraction of sp³-hybridized carbons (Fsp3) is 0.360. The summed E-state index contributed by atoms with van der Waals surface area (Å²) in [5.41, 5.74) is 4.84. The van der Waals surface area contributed by atoms with Crippen molar-refractivity contribution in [3.8, 4) is 23.1 Å². The van der Waals surface area contributed by atoms with Gasteiger partial charge in [-0.3, -0.25) is 4.79 Å². The van der Waals surface area contributed by atoms with Crippen molar-refractivity contribution in [2.45, 2.75) is 39.7 Å². The van der Waals surface area contributed by atoms with Gasteiger partial charge in [-0.2, -0.15) is 5.26 Å². The van der Waals surface area contributed by atoms with Crippen molar-refractivity contribution in [3.05, 3.63) is 48.0 Å². The van der Waals surface area contributed by atoms with Gasteiger partial charge in [-0.1, -0.05) is 32.4 Å². The monoisotopic (exact) mass is 420 g/mol. The van der Waals surface area contributed by atoms with Gasteiger partial charge in [0.2, 0.25) is 6.41 Å². The molecule has 1 amide bonds. The molecule has 0 fully saturated rings. The lowest BCUT2D eigenvalue weighted by atomic mass is 10.1. The predicted octanol–water partition coefficient (Wildman–Crippen LogP) is 5.17. The van der Waals surface area contributed by atoms with Gasteiger partial charge in [-0.05, 0) is 42.7 Å². The topological polar surface area (TPSA) is 79.1 Å². The van der Waals surface area contributed by atoms with Crippen LogP contribution in [0.1, 0.15) is 38.7 Å². The molecule has 2 aromatic carbocycles. The number of benzene rings is 2. The number of aryl methyl sites for hydroxylation is 1. The summed E-state index contributed by atoms with van der Waals surface area (Å²) in [6.07, 6.45) is 3.95. The minimum absolute atomic E-state index is 0.721. The number of nitrogens with one attached hydrogen (secondary N) is 2. The Kier molecular flexibility index (Phi) is 9.44. The Morgan fingerprint density at radius 2 is 1.87 bits per heavy atom. The number of methoxy groups -OCH3 is 1. The van der Waals surface area contributed by atoms with Crippen molar-refractivity contribution >= 4 is 23.0 Å². The molecule has 31 heavy (non-hydrogen) atoms. The normalized spacial score (nSPS) is 10.0. The van der Waals surface area contributed by atoms with E-state index in [1.807, 2.05) is 37.4 Å². The molecule has 164 valence electrons. The van der Waals surface area contributed by atoms with Crippen LogP contribution in [-0.4, -0.2) is 31.7 Å². The van der Waals surface area contributed by atoms with Gasteiger partial charge in [0.25, 0.3) is 0 Å². The number of ether oxygens (including phenoxy) is 1. The number of nitrogens with zero attached hydrogens (tertiary/aromatic N) is 2. The van der Waals surface area contributed by atoms with Gasteiger partial charge >= 0.3 is 0 Å². The van der Waals surface area contributed by atoms with Gasteiger partial charge in [0.05, 0.1) is 23.9 Å². The second-order valence-corrected chi connectivity index (χ2v) is 7.12. The molecule has 0 aliphatic heterocycles. The molecule has 0 saturated heterocycles. The molecule has 0 spiro atoms. The molecule has 0 radical (unpaired) electrons. The quantitative estimate of drug-likeness (QED) is 0.370. The van der Waals surface area contributed by atoms with Crippen molar-refractivity contribution in [1.82, 2.24) is 9.88 Å². The first-order chi connectivity index (χ1) is 15.1. The van der Waals surface area contributed by atoms with E-state index in [2.05, 4.69) is 47.3 Å². The second-order valence-electron chi connectivity index (χ2n) is 7.12. The Morgan fingerprint density at radius 3 is 2.42 bits per heavy atom. The zero-order chi connectivity index (χ0) is 22.6. The second kappa shape index (κ2) is 12.3. The van der Waals surface area contributed by atoms with E-state index in [1.54, 1.807) is 7.11 Å². The van der Waals surface area contributed by atoms with E-state index in [-0.39, 0.29) is 0 Å². The highest BCUT2D eigenvalue weighted by atomic mass is 16.5. The molecule has 3 aromatic rings.